The number of halogens is 3. The number of amides is 2. The largest absolute Gasteiger partial charge is 0.478 e. The van der Waals surface area contributed by atoms with E-state index in [0.29, 0.717) is 5.56 Å². The number of carbonyl (C=O) groups excluding carboxylic acids is 1. The summed E-state index contributed by atoms with van der Waals surface area (Å²) in [7, 11) is 1.44. The molecule has 2 aromatic rings. The number of benzene rings is 1. The lowest BCUT2D eigenvalue weighted by molar-refractivity contribution is -0.140. The van der Waals surface area contributed by atoms with Crippen molar-refractivity contribution in [1.29, 1.82) is 0 Å². The number of carboxylic acids is 1. The zero-order valence-electron chi connectivity index (χ0n) is 13.0. The Balaban J connectivity index is 1.87. The molecule has 6 nitrogen and oxygen atoms in total. The van der Waals surface area contributed by atoms with E-state index in [2.05, 4.69) is 10.3 Å². The number of nitrogens with one attached hydrogen (secondary N) is 1. The molecule has 0 spiro atoms. The minimum absolute atomic E-state index is 0.0511. The van der Waals surface area contributed by atoms with E-state index in [1.807, 2.05) is 0 Å². The number of hydrogen-bond donors (Lipinski definition) is 2. The number of alkyl halides is 3. The molecule has 1 aromatic heterocycles. The highest BCUT2D eigenvalue weighted by Gasteiger charge is 2.33. The van der Waals surface area contributed by atoms with Crippen LogP contribution in [0.5, 0.6) is 0 Å². The summed E-state index contributed by atoms with van der Waals surface area (Å²) in [4.78, 5) is 27.4. The second-order valence-electron chi connectivity index (χ2n) is 5.14. The van der Waals surface area contributed by atoms with Crippen LogP contribution in [0, 0.1) is 0 Å². The lowest BCUT2D eigenvalue weighted by atomic mass is 10.1. The van der Waals surface area contributed by atoms with E-state index in [9.17, 15) is 22.8 Å². The molecule has 1 aromatic carbocycles. The minimum Gasteiger partial charge on any atom is -0.478 e. The summed E-state index contributed by atoms with van der Waals surface area (Å²) in [5.74, 6) is -1.04. The van der Waals surface area contributed by atoms with Gasteiger partial charge in [-0.3, -0.25) is 0 Å². The Morgan fingerprint density at radius 2 is 1.92 bits per heavy atom. The summed E-state index contributed by atoms with van der Waals surface area (Å²) in [5, 5.41) is 12.5. The molecule has 0 saturated carbocycles. The van der Waals surface area contributed by atoms with E-state index in [1.54, 1.807) is 12.1 Å². The van der Waals surface area contributed by atoms with Crippen LogP contribution in [0.1, 0.15) is 26.6 Å². The number of carbonyl (C=O) groups is 2. The topological polar surface area (TPSA) is 82.5 Å². The third-order valence-corrected chi connectivity index (χ3v) is 4.04. The van der Waals surface area contributed by atoms with Crippen LogP contribution < -0.4 is 5.32 Å². The van der Waals surface area contributed by atoms with Crippen LogP contribution in [0.25, 0.3) is 0 Å². The molecule has 0 bridgehead atoms. The third kappa shape index (κ3) is 5.18. The van der Waals surface area contributed by atoms with Gasteiger partial charge in [-0.25, -0.2) is 14.6 Å². The fourth-order valence-electron chi connectivity index (χ4n) is 1.87. The van der Waals surface area contributed by atoms with Crippen LogP contribution in [0.15, 0.2) is 29.6 Å². The average Bonchev–Trinajstić information content (AvgIpc) is 3.01. The molecule has 0 aliphatic carbocycles. The summed E-state index contributed by atoms with van der Waals surface area (Å²) in [6.07, 6.45) is -4.50. The van der Waals surface area contributed by atoms with Gasteiger partial charge in [-0.05, 0) is 17.7 Å². The SMILES string of the molecule is CN(Cc1nc(C(F)(F)F)cs1)C(=O)NCc1ccc(C(=O)O)cc1. The predicted molar refractivity (Wildman–Crippen MR) is 84.2 cm³/mol. The molecule has 2 rings (SSSR count). The Labute approximate surface area is 144 Å². The molecule has 0 aliphatic rings. The number of thiazole rings is 1. The third-order valence-electron chi connectivity index (χ3n) is 3.21. The number of carboxylic acid groups (broad SMARTS) is 1. The first-order chi connectivity index (χ1) is 11.7. The normalized spacial score (nSPS) is 11.2. The maximum Gasteiger partial charge on any atom is 0.434 e. The Kier molecular flexibility index (Phi) is 5.62. The molecule has 2 amide bonds. The van der Waals surface area contributed by atoms with E-state index in [-0.39, 0.29) is 23.7 Å². The van der Waals surface area contributed by atoms with Crippen LogP contribution in [-0.2, 0) is 19.3 Å². The van der Waals surface area contributed by atoms with Gasteiger partial charge in [-0.1, -0.05) is 12.1 Å². The maximum atomic E-state index is 12.5. The van der Waals surface area contributed by atoms with Crippen molar-refractivity contribution in [1.82, 2.24) is 15.2 Å². The zero-order valence-corrected chi connectivity index (χ0v) is 13.8. The van der Waals surface area contributed by atoms with Gasteiger partial charge in [-0.2, -0.15) is 13.2 Å². The summed E-state index contributed by atoms with van der Waals surface area (Å²) < 4.78 is 37.5. The molecule has 0 atom stereocenters. The lowest BCUT2D eigenvalue weighted by Crippen LogP contribution is -2.36. The Bertz CT molecular complexity index is 759. The van der Waals surface area contributed by atoms with Crippen molar-refractivity contribution in [2.24, 2.45) is 0 Å². The molecule has 0 radical (unpaired) electrons. The lowest BCUT2D eigenvalue weighted by Gasteiger charge is -2.16. The fraction of sp³-hybridized carbons (Fsp3) is 0.267. The number of hydrogen-bond acceptors (Lipinski definition) is 4. The van der Waals surface area contributed by atoms with Crippen molar-refractivity contribution in [3.63, 3.8) is 0 Å². The summed E-state index contributed by atoms with van der Waals surface area (Å²) in [6.45, 7) is 0.110. The van der Waals surface area contributed by atoms with Crippen molar-refractivity contribution < 1.29 is 27.9 Å². The Hall–Kier alpha value is -2.62. The van der Waals surface area contributed by atoms with Gasteiger partial charge in [0.05, 0.1) is 12.1 Å². The number of urea groups is 1. The Morgan fingerprint density at radius 3 is 2.44 bits per heavy atom. The fourth-order valence-corrected chi connectivity index (χ4v) is 2.72. The molecule has 0 saturated heterocycles. The van der Waals surface area contributed by atoms with E-state index < -0.39 is 23.9 Å². The van der Waals surface area contributed by atoms with E-state index in [1.165, 1.54) is 24.1 Å². The smallest absolute Gasteiger partial charge is 0.434 e. The van der Waals surface area contributed by atoms with E-state index in [0.717, 1.165) is 16.7 Å². The zero-order chi connectivity index (χ0) is 18.6. The van der Waals surface area contributed by atoms with Crippen LogP contribution in [-0.4, -0.2) is 34.0 Å². The molecule has 0 fully saturated rings. The number of aromatic nitrogens is 1. The molecule has 1 heterocycles. The monoisotopic (exact) mass is 373 g/mol. The Morgan fingerprint density at radius 1 is 1.28 bits per heavy atom. The molecule has 10 heteroatoms. The van der Waals surface area contributed by atoms with E-state index in [4.69, 9.17) is 5.11 Å². The van der Waals surface area contributed by atoms with Gasteiger partial charge in [0.15, 0.2) is 5.69 Å². The summed E-state index contributed by atoms with van der Waals surface area (Å²) >= 11 is 0.833. The standard InChI is InChI=1S/C15H14F3N3O3S/c1-21(7-12-20-11(8-25-12)15(16,17)18)14(24)19-6-9-2-4-10(5-3-9)13(22)23/h2-5,8H,6-7H2,1H3,(H,19,24)(H,22,23). The molecule has 0 unspecified atom stereocenters. The summed E-state index contributed by atoms with van der Waals surface area (Å²) in [5.41, 5.74) is -0.142. The number of rotatable bonds is 5. The highest BCUT2D eigenvalue weighted by molar-refractivity contribution is 7.09. The van der Waals surface area contributed by atoms with Crippen molar-refractivity contribution in [3.8, 4) is 0 Å². The molecule has 0 aliphatic heterocycles. The van der Waals surface area contributed by atoms with Crippen molar-refractivity contribution in [3.05, 3.63) is 51.5 Å². The number of nitrogens with zero attached hydrogens (tertiary/aromatic N) is 2. The number of aromatic carboxylic acids is 1. The van der Waals surface area contributed by atoms with Gasteiger partial charge in [0.1, 0.15) is 5.01 Å². The predicted octanol–water partition coefficient (Wildman–Crippen LogP) is 3.20. The first kappa shape index (κ1) is 18.7. The molecular weight excluding hydrogens is 359 g/mol. The molecule has 134 valence electrons. The first-order valence-electron chi connectivity index (χ1n) is 6.99. The van der Waals surface area contributed by atoms with Gasteiger partial charge in [-0.15, -0.1) is 11.3 Å². The molecular formula is C15H14F3N3O3S. The quantitative estimate of drug-likeness (QED) is 0.843. The molecule has 2 N–H and O–H groups in total. The highest BCUT2D eigenvalue weighted by Crippen LogP contribution is 2.30. The summed E-state index contributed by atoms with van der Waals surface area (Å²) in [6, 6.07) is 5.50. The van der Waals surface area contributed by atoms with Crippen LogP contribution in [0.2, 0.25) is 0 Å². The maximum absolute atomic E-state index is 12.5. The van der Waals surface area contributed by atoms with Crippen molar-refractivity contribution >= 4 is 23.3 Å². The molecule has 25 heavy (non-hydrogen) atoms. The van der Waals surface area contributed by atoms with Gasteiger partial charge in [0.2, 0.25) is 0 Å². The second-order valence-corrected chi connectivity index (χ2v) is 6.08. The van der Waals surface area contributed by atoms with Crippen LogP contribution >= 0.6 is 11.3 Å². The minimum atomic E-state index is -4.50. The van der Waals surface area contributed by atoms with E-state index >= 15 is 0 Å². The average molecular weight is 373 g/mol. The van der Waals surface area contributed by atoms with Gasteiger partial charge < -0.3 is 15.3 Å². The first-order valence-corrected chi connectivity index (χ1v) is 7.87. The highest BCUT2D eigenvalue weighted by atomic mass is 32.1. The van der Waals surface area contributed by atoms with Gasteiger partial charge in [0.25, 0.3) is 0 Å². The van der Waals surface area contributed by atoms with Crippen LogP contribution in [0.3, 0.4) is 0 Å². The second kappa shape index (κ2) is 7.51. The van der Waals surface area contributed by atoms with Crippen LogP contribution in [0.4, 0.5) is 18.0 Å². The van der Waals surface area contributed by atoms with Gasteiger partial charge >= 0.3 is 18.2 Å². The van der Waals surface area contributed by atoms with Crippen molar-refractivity contribution in [2.45, 2.75) is 19.3 Å². The van der Waals surface area contributed by atoms with Crippen molar-refractivity contribution in [2.75, 3.05) is 7.05 Å². The van der Waals surface area contributed by atoms with Gasteiger partial charge in [0, 0.05) is 19.0 Å².